The minimum Gasteiger partial charge on any atom is -0.491 e. The van der Waals surface area contributed by atoms with Crippen LogP contribution in [-0.2, 0) is 4.74 Å². The highest BCUT2D eigenvalue weighted by molar-refractivity contribution is 5.33. The molecule has 0 spiro atoms. The number of allylic oxidation sites excluding steroid dienone is 4. The fourth-order valence-electron chi connectivity index (χ4n) is 1.98. The first kappa shape index (κ1) is 22.4. The molecule has 0 aliphatic carbocycles. The van der Waals surface area contributed by atoms with Gasteiger partial charge in [-0.1, -0.05) is 44.9 Å². The standard InChI is InChI=1S/C22H25F3O2/c1-7-26-18(6)22(25)21(24)17(5)15(3)9-8-14(2)13-27-19-11-10-16(4)20(23)12-19/h8-12,17H,2-3,6-7,13H2,1,4-5H3/b9-8-,22-21-. The van der Waals surface area contributed by atoms with Crippen molar-refractivity contribution in [1.82, 2.24) is 0 Å². The van der Waals surface area contributed by atoms with Crippen LogP contribution in [0.25, 0.3) is 0 Å². The van der Waals surface area contributed by atoms with E-state index in [0.29, 0.717) is 22.5 Å². The third-order valence-electron chi connectivity index (χ3n) is 3.81. The van der Waals surface area contributed by atoms with Crippen molar-refractivity contribution in [2.45, 2.75) is 20.8 Å². The molecule has 1 rings (SSSR count). The molecule has 0 aliphatic rings. The summed E-state index contributed by atoms with van der Waals surface area (Å²) >= 11 is 0. The first-order chi connectivity index (χ1) is 12.7. The average molecular weight is 378 g/mol. The smallest absolute Gasteiger partial charge is 0.196 e. The van der Waals surface area contributed by atoms with E-state index in [1.165, 1.54) is 19.1 Å². The molecule has 0 heterocycles. The summed E-state index contributed by atoms with van der Waals surface area (Å²) in [5.41, 5.74) is 1.43. The lowest BCUT2D eigenvalue weighted by molar-refractivity contribution is 0.222. The Bertz CT molecular complexity index is 776. The summed E-state index contributed by atoms with van der Waals surface area (Å²) in [4.78, 5) is 0. The number of benzene rings is 1. The van der Waals surface area contributed by atoms with Gasteiger partial charge in [-0.05, 0) is 36.6 Å². The molecular weight excluding hydrogens is 353 g/mol. The van der Waals surface area contributed by atoms with E-state index in [0.717, 1.165) is 0 Å². The maximum absolute atomic E-state index is 14.2. The van der Waals surface area contributed by atoms with Crippen LogP contribution in [0.1, 0.15) is 19.4 Å². The minimum atomic E-state index is -1.12. The predicted octanol–water partition coefficient (Wildman–Crippen LogP) is 6.52. The molecule has 27 heavy (non-hydrogen) atoms. The molecule has 146 valence electrons. The zero-order valence-electron chi connectivity index (χ0n) is 16.0. The molecule has 0 radical (unpaired) electrons. The second-order valence-corrected chi connectivity index (χ2v) is 6.01. The van der Waals surface area contributed by atoms with E-state index in [1.807, 2.05) is 0 Å². The molecule has 0 aromatic heterocycles. The highest BCUT2D eigenvalue weighted by atomic mass is 19.2. The van der Waals surface area contributed by atoms with Gasteiger partial charge < -0.3 is 9.47 Å². The molecule has 1 unspecified atom stereocenters. The highest BCUT2D eigenvalue weighted by Crippen LogP contribution is 2.28. The lowest BCUT2D eigenvalue weighted by Crippen LogP contribution is -2.03. The quantitative estimate of drug-likeness (QED) is 0.341. The maximum Gasteiger partial charge on any atom is 0.196 e. The van der Waals surface area contributed by atoms with Crippen molar-refractivity contribution >= 4 is 0 Å². The molecule has 0 amide bonds. The van der Waals surface area contributed by atoms with Gasteiger partial charge in [0.25, 0.3) is 0 Å². The summed E-state index contributed by atoms with van der Waals surface area (Å²) in [6, 6.07) is 4.57. The van der Waals surface area contributed by atoms with E-state index >= 15 is 0 Å². The Morgan fingerprint density at radius 2 is 1.85 bits per heavy atom. The van der Waals surface area contributed by atoms with Crippen LogP contribution in [0.4, 0.5) is 13.2 Å². The Labute approximate surface area is 159 Å². The van der Waals surface area contributed by atoms with Crippen LogP contribution >= 0.6 is 0 Å². The zero-order chi connectivity index (χ0) is 20.6. The normalized spacial score (nSPS) is 13.1. The van der Waals surface area contributed by atoms with E-state index in [-0.39, 0.29) is 24.8 Å². The molecule has 1 aromatic rings. The molecular formula is C22H25F3O2. The third kappa shape index (κ3) is 6.85. The van der Waals surface area contributed by atoms with Crippen molar-refractivity contribution in [2.24, 2.45) is 5.92 Å². The first-order valence-corrected chi connectivity index (χ1v) is 8.48. The van der Waals surface area contributed by atoms with Gasteiger partial charge in [-0.3, -0.25) is 0 Å². The van der Waals surface area contributed by atoms with Gasteiger partial charge in [0.1, 0.15) is 24.0 Å². The van der Waals surface area contributed by atoms with Crippen molar-refractivity contribution in [2.75, 3.05) is 13.2 Å². The molecule has 0 aliphatic heterocycles. The lowest BCUT2D eigenvalue weighted by atomic mass is 9.99. The summed E-state index contributed by atoms with van der Waals surface area (Å²) in [7, 11) is 0. The van der Waals surface area contributed by atoms with Gasteiger partial charge in [0, 0.05) is 12.0 Å². The molecule has 0 fully saturated rings. The van der Waals surface area contributed by atoms with Crippen LogP contribution in [0, 0.1) is 18.7 Å². The van der Waals surface area contributed by atoms with Gasteiger partial charge in [-0.2, -0.15) is 0 Å². The summed E-state index contributed by atoms with van der Waals surface area (Å²) < 4.78 is 51.9. The third-order valence-corrected chi connectivity index (χ3v) is 3.81. The SMILES string of the molecule is C=C(/C=C\C(=C)C(C)/C(F)=C(/F)C(=C)OCC)COc1ccc(C)c(F)c1. The molecule has 2 nitrogen and oxygen atoms in total. The van der Waals surface area contributed by atoms with Crippen molar-refractivity contribution in [3.63, 3.8) is 0 Å². The zero-order valence-corrected chi connectivity index (χ0v) is 16.0. The molecule has 0 bridgehead atoms. The van der Waals surface area contributed by atoms with Crippen LogP contribution in [0.2, 0.25) is 0 Å². The Kier molecular flexibility index (Phi) is 8.66. The topological polar surface area (TPSA) is 18.5 Å². The molecule has 1 atom stereocenters. The van der Waals surface area contributed by atoms with E-state index < -0.39 is 17.6 Å². The number of hydrogen-bond acceptors (Lipinski definition) is 2. The Morgan fingerprint density at radius 1 is 1.19 bits per heavy atom. The summed E-state index contributed by atoms with van der Waals surface area (Å²) in [6.07, 6.45) is 3.12. The second kappa shape index (κ2) is 10.5. The van der Waals surface area contributed by atoms with E-state index in [2.05, 4.69) is 19.7 Å². The number of aryl methyl sites for hydroxylation is 1. The Morgan fingerprint density at radius 3 is 2.44 bits per heavy atom. The number of halogens is 3. The fraction of sp³-hybridized carbons (Fsp3) is 0.273. The van der Waals surface area contributed by atoms with Gasteiger partial charge in [-0.15, -0.1) is 0 Å². The molecule has 0 N–H and O–H groups in total. The van der Waals surface area contributed by atoms with Crippen LogP contribution < -0.4 is 4.74 Å². The summed E-state index contributed by atoms with van der Waals surface area (Å²) in [5, 5.41) is 0. The molecule has 0 saturated carbocycles. The van der Waals surface area contributed by atoms with E-state index in [1.54, 1.807) is 32.1 Å². The van der Waals surface area contributed by atoms with Crippen LogP contribution in [0.15, 0.2) is 78.6 Å². The Balaban J connectivity index is 2.65. The monoisotopic (exact) mass is 378 g/mol. The van der Waals surface area contributed by atoms with Crippen molar-refractivity contribution < 1.29 is 22.6 Å². The van der Waals surface area contributed by atoms with Crippen LogP contribution in [0.3, 0.4) is 0 Å². The van der Waals surface area contributed by atoms with Crippen molar-refractivity contribution in [1.29, 1.82) is 0 Å². The van der Waals surface area contributed by atoms with Crippen molar-refractivity contribution in [3.05, 3.63) is 90.0 Å². The largest absolute Gasteiger partial charge is 0.491 e. The predicted molar refractivity (Wildman–Crippen MR) is 103 cm³/mol. The van der Waals surface area contributed by atoms with Crippen LogP contribution in [0.5, 0.6) is 5.75 Å². The average Bonchev–Trinajstić information content (AvgIpc) is 2.65. The van der Waals surface area contributed by atoms with Crippen LogP contribution in [-0.4, -0.2) is 13.2 Å². The van der Waals surface area contributed by atoms with E-state index in [4.69, 9.17) is 9.47 Å². The van der Waals surface area contributed by atoms with E-state index in [9.17, 15) is 13.2 Å². The molecule has 0 saturated heterocycles. The Hall–Kier alpha value is -2.69. The van der Waals surface area contributed by atoms with Gasteiger partial charge in [0.15, 0.2) is 11.6 Å². The summed E-state index contributed by atoms with van der Waals surface area (Å²) in [5.74, 6) is -3.33. The van der Waals surface area contributed by atoms with Gasteiger partial charge in [-0.25, -0.2) is 13.2 Å². The number of ether oxygens (including phenoxy) is 2. The first-order valence-electron chi connectivity index (χ1n) is 8.48. The second-order valence-electron chi connectivity index (χ2n) is 6.01. The minimum absolute atomic E-state index is 0.120. The highest BCUT2D eigenvalue weighted by Gasteiger charge is 2.19. The summed E-state index contributed by atoms with van der Waals surface area (Å²) in [6.45, 7) is 16.0. The van der Waals surface area contributed by atoms with Crippen molar-refractivity contribution in [3.8, 4) is 5.75 Å². The van der Waals surface area contributed by atoms with Gasteiger partial charge in [0.05, 0.1) is 6.61 Å². The van der Waals surface area contributed by atoms with Gasteiger partial charge in [0.2, 0.25) is 0 Å². The maximum atomic E-state index is 14.2. The molecule has 1 aromatic carbocycles. The number of rotatable bonds is 10. The lowest BCUT2D eigenvalue weighted by Gasteiger charge is -2.12. The van der Waals surface area contributed by atoms with Gasteiger partial charge >= 0.3 is 0 Å². The fourth-order valence-corrected chi connectivity index (χ4v) is 1.98. The molecule has 5 heteroatoms. The number of hydrogen-bond donors (Lipinski definition) is 0.